The van der Waals surface area contributed by atoms with Crippen molar-refractivity contribution in [2.75, 3.05) is 14.2 Å². The summed E-state index contributed by atoms with van der Waals surface area (Å²) >= 11 is 0. The zero-order chi connectivity index (χ0) is 21.8. The summed E-state index contributed by atoms with van der Waals surface area (Å²) in [6.45, 7) is 0. The molecule has 154 valence electrons. The number of aromatic nitrogens is 1. The number of benzene rings is 3. The lowest BCUT2D eigenvalue weighted by atomic mass is 9.94. The summed E-state index contributed by atoms with van der Waals surface area (Å²) in [5.41, 5.74) is 2.58. The Morgan fingerprint density at radius 2 is 1.58 bits per heavy atom. The highest BCUT2D eigenvalue weighted by Gasteiger charge is 2.19. The first-order valence-electron chi connectivity index (χ1n) is 9.77. The van der Waals surface area contributed by atoms with Crippen molar-refractivity contribution < 1.29 is 14.3 Å². The largest absolute Gasteiger partial charge is 0.493 e. The molecule has 0 aliphatic heterocycles. The summed E-state index contributed by atoms with van der Waals surface area (Å²) in [5, 5.41) is 0.816. The molecule has 0 saturated heterocycles. The fraction of sp³-hybridized carbons (Fsp3) is 0.0769. The third-order valence-corrected chi connectivity index (χ3v) is 5.07. The van der Waals surface area contributed by atoms with Crippen molar-refractivity contribution in [1.82, 2.24) is 4.98 Å². The van der Waals surface area contributed by atoms with Crippen molar-refractivity contribution in [3.05, 3.63) is 100 Å². The lowest BCUT2D eigenvalue weighted by Crippen LogP contribution is -2.18. The second-order valence-electron chi connectivity index (χ2n) is 6.93. The molecule has 0 radical (unpaired) electrons. The quantitative estimate of drug-likeness (QED) is 0.354. The van der Waals surface area contributed by atoms with Crippen LogP contribution in [0, 0.1) is 0 Å². The van der Waals surface area contributed by atoms with Gasteiger partial charge in [0.15, 0.2) is 17.3 Å². The summed E-state index contributed by atoms with van der Waals surface area (Å²) < 4.78 is 10.6. The first kappa shape index (κ1) is 20.2. The van der Waals surface area contributed by atoms with E-state index < -0.39 is 5.56 Å². The Hall–Kier alpha value is -4.12. The lowest BCUT2D eigenvalue weighted by molar-refractivity contribution is 0.104. The van der Waals surface area contributed by atoms with Gasteiger partial charge in [-0.3, -0.25) is 9.59 Å². The first-order valence-corrected chi connectivity index (χ1v) is 9.77. The number of carbonyl (C=O) groups excluding carboxylic acids is 1. The van der Waals surface area contributed by atoms with Gasteiger partial charge in [0.25, 0.3) is 5.56 Å². The Bertz CT molecular complexity index is 1340. The molecule has 0 aliphatic rings. The van der Waals surface area contributed by atoms with Gasteiger partial charge in [-0.15, -0.1) is 0 Å². The number of H-pyrrole nitrogens is 1. The van der Waals surface area contributed by atoms with E-state index in [1.165, 1.54) is 6.08 Å². The van der Waals surface area contributed by atoms with Crippen LogP contribution in [0.2, 0.25) is 0 Å². The number of ether oxygens (including phenoxy) is 2. The molecule has 1 heterocycles. The number of methoxy groups -OCH3 is 2. The van der Waals surface area contributed by atoms with E-state index >= 15 is 0 Å². The molecule has 0 aliphatic carbocycles. The van der Waals surface area contributed by atoms with Crippen LogP contribution in [0.4, 0.5) is 0 Å². The Morgan fingerprint density at radius 1 is 0.871 bits per heavy atom. The van der Waals surface area contributed by atoms with Crippen LogP contribution in [0.5, 0.6) is 11.5 Å². The topological polar surface area (TPSA) is 68.4 Å². The minimum Gasteiger partial charge on any atom is -0.493 e. The highest BCUT2D eigenvalue weighted by atomic mass is 16.5. The van der Waals surface area contributed by atoms with Crippen molar-refractivity contribution in [3.63, 3.8) is 0 Å². The zero-order valence-electron chi connectivity index (χ0n) is 17.2. The van der Waals surface area contributed by atoms with Crippen molar-refractivity contribution in [2.24, 2.45) is 0 Å². The van der Waals surface area contributed by atoms with Gasteiger partial charge in [-0.25, -0.2) is 0 Å². The van der Waals surface area contributed by atoms with Crippen molar-refractivity contribution in [2.45, 2.75) is 0 Å². The number of hydrogen-bond donors (Lipinski definition) is 1. The molecule has 1 N–H and O–H groups in total. The van der Waals surface area contributed by atoms with Gasteiger partial charge in [0.1, 0.15) is 0 Å². The maximum atomic E-state index is 13.2. The van der Waals surface area contributed by atoms with E-state index in [1.807, 2.05) is 60.7 Å². The van der Waals surface area contributed by atoms with Crippen LogP contribution >= 0.6 is 0 Å². The molecular formula is C26H21NO4. The molecule has 5 heteroatoms. The van der Waals surface area contributed by atoms with Gasteiger partial charge in [-0.1, -0.05) is 60.7 Å². The van der Waals surface area contributed by atoms with Crippen LogP contribution in [0.1, 0.15) is 15.9 Å². The van der Waals surface area contributed by atoms with E-state index in [0.717, 1.165) is 16.5 Å². The Morgan fingerprint density at radius 3 is 2.32 bits per heavy atom. The van der Waals surface area contributed by atoms with Gasteiger partial charge in [0.05, 0.1) is 19.8 Å². The summed E-state index contributed by atoms with van der Waals surface area (Å²) in [5.74, 6) is 0.787. The molecule has 1 aromatic heterocycles. The standard InChI is InChI=1S/C26H21NO4/c1-30-22-15-13-17(16-23(22)31-2)12-14-21(28)25-24(18-8-4-3-5-9-18)19-10-6-7-11-20(19)27-26(25)29/h3-16H,1-2H3,(H,27,29)/b14-12+. The van der Waals surface area contributed by atoms with Gasteiger partial charge < -0.3 is 14.5 Å². The number of aromatic amines is 1. The molecule has 4 rings (SSSR count). The summed E-state index contributed by atoms with van der Waals surface area (Å²) in [7, 11) is 3.12. The summed E-state index contributed by atoms with van der Waals surface area (Å²) in [6, 6.07) is 22.3. The van der Waals surface area contributed by atoms with Crippen molar-refractivity contribution in [1.29, 1.82) is 0 Å². The molecule has 3 aromatic carbocycles. The number of fused-ring (bicyclic) bond motifs is 1. The predicted octanol–water partition coefficient (Wildman–Crippen LogP) is 5.11. The lowest BCUT2D eigenvalue weighted by Gasteiger charge is -2.11. The highest BCUT2D eigenvalue weighted by molar-refractivity contribution is 6.15. The zero-order valence-corrected chi connectivity index (χ0v) is 17.2. The average Bonchev–Trinajstić information content (AvgIpc) is 2.82. The third-order valence-electron chi connectivity index (χ3n) is 5.07. The normalized spacial score (nSPS) is 11.0. The predicted molar refractivity (Wildman–Crippen MR) is 123 cm³/mol. The first-order chi connectivity index (χ1) is 15.1. The van der Waals surface area contributed by atoms with E-state index in [1.54, 1.807) is 32.4 Å². The number of hydrogen-bond acceptors (Lipinski definition) is 4. The number of ketones is 1. The fourth-order valence-corrected chi connectivity index (χ4v) is 3.59. The highest BCUT2D eigenvalue weighted by Crippen LogP contribution is 2.30. The number of carbonyl (C=O) groups is 1. The molecular weight excluding hydrogens is 390 g/mol. The second kappa shape index (κ2) is 8.71. The maximum absolute atomic E-state index is 13.2. The molecule has 31 heavy (non-hydrogen) atoms. The van der Waals surface area contributed by atoms with E-state index in [4.69, 9.17) is 9.47 Å². The van der Waals surface area contributed by atoms with E-state index in [0.29, 0.717) is 22.6 Å². The Labute approximate surface area is 179 Å². The van der Waals surface area contributed by atoms with Crippen LogP contribution in [0.3, 0.4) is 0 Å². The smallest absolute Gasteiger partial charge is 0.260 e. The third kappa shape index (κ3) is 3.98. The fourth-order valence-electron chi connectivity index (χ4n) is 3.59. The number of allylic oxidation sites excluding steroid dienone is 1. The minimum absolute atomic E-state index is 0.113. The molecule has 0 saturated carbocycles. The second-order valence-corrected chi connectivity index (χ2v) is 6.93. The number of nitrogens with one attached hydrogen (secondary N) is 1. The Balaban J connectivity index is 1.83. The van der Waals surface area contributed by atoms with Crippen LogP contribution < -0.4 is 15.0 Å². The van der Waals surface area contributed by atoms with Crippen LogP contribution in [-0.2, 0) is 0 Å². The monoisotopic (exact) mass is 411 g/mol. The van der Waals surface area contributed by atoms with Gasteiger partial charge in [0, 0.05) is 16.5 Å². The van der Waals surface area contributed by atoms with Gasteiger partial charge in [-0.05, 0) is 35.4 Å². The maximum Gasteiger partial charge on any atom is 0.260 e. The van der Waals surface area contributed by atoms with Gasteiger partial charge in [-0.2, -0.15) is 0 Å². The number of para-hydroxylation sites is 1. The molecule has 0 unspecified atom stereocenters. The summed E-state index contributed by atoms with van der Waals surface area (Å²) in [4.78, 5) is 28.9. The molecule has 0 amide bonds. The number of pyridine rings is 1. The van der Waals surface area contributed by atoms with Crippen molar-refractivity contribution in [3.8, 4) is 22.6 Å². The minimum atomic E-state index is -0.417. The van der Waals surface area contributed by atoms with E-state index in [-0.39, 0.29) is 11.3 Å². The van der Waals surface area contributed by atoms with Gasteiger partial charge in [0.2, 0.25) is 0 Å². The SMILES string of the molecule is COc1ccc(/C=C/C(=O)c2c(-c3ccccc3)c3ccccc3[nH]c2=O)cc1OC. The summed E-state index contributed by atoms with van der Waals surface area (Å²) in [6.07, 6.45) is 3.07. The number of rotatable bonds is 6. The molecule has 4 aromatic rings. The molecule has 5 nitrogen and oxygen atoms in total. The molecule has 0 fully saturated rings. The Kier molecular flexibility index (Phi) is 5.67. The molecule has 0 atom stereocenters. The average molecular weight is 411 g/mol. The molecule has 0 spiro atoms. The van der Waals surface area contributed by atoms with Crippen LogP contribution in [0.15, 0.2) is 83.7 Å². The van der Waals surface area contributed by atoms with E-state index in [2.05, 4.69) is 4.98 Å². The van der Waals surface area contributed by atoms with Crippen LogP contribution in [-0.4, -0.2) is 25.0 Å². The van der Waals surface area contributed by atoms with E-state index in [9.17, 15) is 9.59 Å². The van der Waals surface area contributed by atoms with Gasteiger partial charge >= 0.3 is 0 Å². The van der Waals surface area contributed by atoms with Crippen LogP contribution in [0.25, 0.3) is 28.1 Å². The van der Waals surface area contributed by atoms with Crippen molar-refractivity contribution >= 4 is 22.8 Å². The molecule has 0 bridgehead atoms.